The lowest BCUT2D eigenvalue weighted by atomic mass is 10.2. The van der Waals surface area contributed by atoms with Gasteiger partial charge in [-0.15, -0.1) is 23.1 Å². The topological polar surface area (TPSA) is 80.3 Å². The molecule has 0 radical (unpaired) electrons. The van der Waals surface area contributed by atoms with E-state index in [9.17, 15) is 14.0 Å². The summed E-state index contributed by atoms with van der Waals surface area (Å²) in [7, 11) is 1.61. The number of benzene rings is 3. The minimum absolute atomic E-state index is 0.0191. The maximum absolute atomic E-state index is 13.7. The van der Waals surface area contributed by atoms with Crippen molar-refractivity contribution in [3.05, 3.63) is 89.6 Å². The Morgan fingerprint density at radius 3 is 2.59 bits per heavy atom. The van der Waals surface area contributed by atoms with Crippen molar-refractivity contribution in [3.8, 4) is 17.0 Å². The second-order valence-electron chi connectivity index (χ2n) is 7.07. The number of rotatable bonds is 8. The highest BCUT2D eigenvalue weighted by Crippen LogP contribution is 2.28. The standard InChI is InChI=1S/C25H20FN3O3S2/c1-32-18-6-4-5-16(13-18)22-14-34-25(28-22)29-23(30)15-33-19-11-9-17(10-12-19)27-24(31)20-7-2-3-8-21(20)26/h2-14H,15H2,1H3,(H,27,31)(H,28,29,30). The van der Waals surface area contributed by atoms with Crippen LogP contribution in [0.3, 0.4) is 0 Å². The summed E-state index contributed by atoms with van der Waals surface area (Å²) in [6.07, 6.45) is 0. The third-order valence-electron chi connectivity index (χ3n) is 4.72. The number of carbonyl (C=O) groups excluding carboxylic acids is 2. The van der Waals surface area contributed by atoms with Crippen LogP contribution in [0.5, 0.6) is 5.75 Å². The number of thiazole rings is 1. The summed E-state index contributed by atoms with van der Waals surface area (Å²) >= 11 is 2.71. The lowest BCUT2D eigenvalue weighted by Crippen LogP contribution is -2.14. The number of amides is 2. The monoisotopic (exact) mass is 493 g/mol. The molecule has 4 aromatic rings. The van der Waals surface area contributed by atoms with E-state index < -0.39 is 11.7 Å². The van der Waals surface area contributed by atoms with E-state index in [0.29, 0.717) is 10.8 Å². The van der Waals surface area contributed by atoms with Crippen molar-refractivity contribution >= 4 is 45.7 Å². The minimum Gasteiger partial charge on any atom is -0.497 e. The summed E-state index contributed by atoms with van der Waals surface area (Å²) in [5.41, 5.74) is 2.19. The van der Waals surface area contributed by atoms with E-state index in [2.05, 4.69) is 15.6 Å². The number of nitrogens with zero attached hydrogens (tertiary/aromatic N) is 1. The Morgan fingerprint density at radius 2 is 1.82 bits per heavy atom. The highest BCUT2D eigenvalue weighted by Gasteiger charge is 2.12. The zero-order valence-electron chi connectivity index (χ0n) is 18.1. The van der Waals surface area contributed by atoms with Crippen LogP contribution in [0.25, 0.3) is 11.3 Å². The number of thioether (sulfide) groups is 1. The van der Waals surface area contributed by atoms with E-state index in [0.717, 1.165) is 21.9 Å². The molecule has 0 aliphatic heterocycles. The van der Waals surface area contributed by atoms with Gasteiger partial charge in [0.1, 0.15) is 11.6 Å². The van der Waals surface area contributed by atoms with Crippen LogP contribution in [-0.2, 0) is 4.79 Å². The Morgan fingerprint density at radius 1 is 1.03 bits per heavy atom. The molecule has 0 saturated heterocycles. The third-order valence-corrected chi connectivity index (χ3v) is 6.49. The molecule has 3 aromatic carbocycles. The maximum Gasteiger partial charge on any atom is 0.258 e. The molecule has 0 atom stereocenters. The van der Waals surface area contributed by atoms with E-state index in [1.165, 1.54) is 41.3 Å². The molecule has 6 nitrogen and oxygen atoms in total. The fraction of sp³-hybridized carbons (Fsp3) is 0.0800. The number of hydrogen-bond acceptors (Lipinski definition) is 6. The van der Waals surface area contributed by atoms with Crippen molar-refractivity contribution in [2.45, 2.75) is 4.90 Å². The fourth-order valence-electron chi connectivity index (χ4n) is 3.03. The van der Waals surface area contributed by atoms with Gasteiger partial charge in [0.15, 0.2) is 5.13 Å². The zero-order valence-corrected chi connectivity index (χ0v) is 19.7. The van der Waals surface area contributed by atoms with Crippen LogP contribution in [0.2, 0.25) is 0 Å². The van der Waals surface area contributed by atoms with Gasteiger partial charge in [-0.1, -0.05) is 24.3 Å². The summed E-state index contributed by atoms with van der Waals surface area (Å²) in [4.78, 5) is 29.9. The molecule has 0 fully saturated rings. The molecular formula is C25H20FN3O3S2. The number of nitrogens with one attached hydrogen (secondary N) is 2. The largest absolute Gasteiger partial charge is 0.497 e. The van der Waals surface area contributed by atoms with Crippen LogP contribution in [0.4, 0.5) is 15.2 Å². The Balaban J connectivity index is 1.28. The molecule has 9 heteroatoms. The van der Waals surface area contributed by atoms with Gasteiger partial charge in [-0.3, -0.25) is 9.59 Å². The van der Waals surface area contributed by atoms with Gasteiger partial charge < -0.3 is 15.4 Å². The van der Waals surface area contributed by atoms with Crippen LogP contribution in [-0.4, -0.2) is 29.7 Å². The molecule has 34 heavy (non-hydrogen) atoms. The first-order valence-electron chi connectivity index (χ1n) is 10.2. The molecule has 172 valence electrons. The average Bonchev–Trinajstić information content (AvgIpc) is 3.32. The normalized spacial score (nSPS) is 10.5. The Hall–Kier alpha value is -3.69. The molecule has 0 unspecified atom stereocenters. The first-order chi connectivity index (χ1) is 16.5. The molecule has 2 N–H and O–H groups in total. The maximum atomic E-state index is 13.7. The van der Waals surface area contributed by atoms with Gasteiger partial charge in [-0.2, -0.15) is 0 Å². The number of halogens is 1. The second kappa shape index (κ2) is 11.0. The number of hydrogen-bond donors (Lipinski definition) is 2. The van der Waals surface area contributed by atoms with Gasteiger partial charge >= 0.3 is 0 Å². The van der Waals surface area contributed by atoms with Gasteiger partial charge in [0.2, 0.25) is 5.91 Å². The summed E-state index contributed by atoms with van der Waals surface area (Å²) < 4.78 is 19.0. The van der Waals surface area contributed by atoms with Crippen LogP contribution < -0.4 is 15.4 Å². The van der Waals surface area contributed by atoms with E-state index in [1.54, 1.807) is 37.4 Å². The number of anilines is 2. The zero-order chi connectivity index (χ0) is 23.9. The summed E-state index contributed by atoms with van der Waals surface area (Å²) in [5.74, 6) is -0.322. The highest BCUT2D eigenvalue weighted by molar-refractivity contribution is 8.00. The Labute approximate surface area is 204 Å². The lowest BCUT2D eigenvalue weighted by molar-refractivity contribution is -0.113. The van der Waals surface area contributed by atoms with E-state index >= 15 is 0 Å². The first-order valence-corrected chi connectivity index (χ1v) is 12.1. The van der Waals surface area contributed by atoms with Gasteiger partial charge in [0.25, 0.3) is 5.91 Å². The van der Waals surface area contributed by atoms with Gasteiger partial charge in [-0.05, 0) is 48.5 Å². The number of ether oxygens (including phenoxy) is 1. The third kappa shape index (κ3) is 6.00. The number of aromatic nitrogens is 1. The van der Waals surface area contributed by atoms with Crippen molar-refractivity contribution in [2.75, 3.05) is 23.5 Å². The van der Waals surface area contributed by atoms with E-state index in [1.807, 2.05) is 29.6 Å². The molecule has 1 aromatic heterocycles. The van der Waals surface area contributed by atoms with E-state index in [4.69, 9.17) is 4.74 Å². The molecule has 2 amide bonds. The van der Waals surface area contributed by atoms with Crippen molar-refractivity contribution in [3.63, 3.8) is 0 Å². The van der Waals surface area contributed by atoms with Gasteiger partial charge in [0, 0.05) is 21.5 Å². The summed E-state index contributed by atoms with van der Waals surface area (Å²) in [6, 6.07) is 20.4. The van der Waals surface area contributed by atoms with Crippen molar-refractivity contribution < 1.29 is 18.7 Å². The molecule has 1 heterocycles. The molecule has 0 spiro atoms. The minimum atomic E-state index is -0.575. The first kappa shape index (κ1) is 23.5. The summed E-state index contributed by atoms with van der Waals surface area (Å²) in [5, 5.41) is 7.88. The predicted molar refractivity (Wildman–Crippen MR) is 134 cm³/mol. The molecule has 4 rings (SSSR count). The van der Waals surface area contributed by atoms with Crippen LogP contribution in [0, 0.1) is 5.82 Å². The molecular weight excluding hydrogens is 473 g/mol. The van der Waals surface area contributed by atoms with Crippen LogP contribution >= 0.6 is 23.1 Å². The Bertz CT molecular complexity index is 1310. The molecule has 0 aliphatic carbocycles. The van der Waals surface area contributed by atoms with Crippen molar-refractivity contribution in [1.29, 1.82) is 0 Å². The van der Waals surface area contributed by atoms with Crippen LogP contribution in [0.1, 0.15) is 10.4 Å². The SMILES string of the molecule is COc1cccc(-c2csc(NC(=O)CSc3ccc(NC(=O)c4ccccc4F)cc3)n2)c1. The van der Waals surface area contributed by atoms with Gasteiger partial charge in [-0.25, -0.2) is 9.37 Å². The fourth-order valence-corrected chi connectivity index (χ4v) is 4.46. The molecule has 0 aliphatic rings. The van der Waals surface area contributed by atoms with Crippen molar-refractivity contribution in [2.24, 2.45) is 0 Å². The highest BCUT2D eigenvalue weighted by atomic mass is 32.2. The number of methoxy groups -OCH3 is 1. The van der Waals surface area contributed by atoms with Crippen molar-refractivity contribution in [1.82, 2.24) is 4.98 Å². The number of carbonyl (C=O) groups is 2. The Kier molecular flexibility index (Phi) is 7.56. The average molecular weight is 494 g/mol. The predicted octanol–water partition coefficient (Wildman–Crippen LogP) is 5.94. The second-order valence-corrected chi connectivity index (χ2v) is 8.97. The lowest BCUT2D eigenvalue weighted by Gasteiger charge is -2.07. The van der Waals surface area contributed by atoms with Crippen LogP contribution in [0.15, 0.2) is 83.1 Å². The smallest absolute Gasteiger partial charge is 0.258 e. The van der Waals surface area contributed by atoms with E-state index in [-0.39, 0.29) is 17.2 Å². The summed E-state index contributed by atoms with van der Waals surface area (Å²) in [6.45, 7) is 0. The quantitative estimate of drug-likeness (QED) is 0.297. The molecule has 0 saturated carbocycles. The molecule has 0 bridgehead atoms. The van der Waals surface area contributed by atoms with Gasteiger partial charge in [0.05, 0.1) is 24.1 Å².